The maximum atomic E-state index is 12.7. The number of anilines is 1. The molecule has 0 amide bonds. The summed E-state index contributed by atoms with van der Waals surface area (Å²) in [7, 11) is -6.68. The third-order valence-corrected chi connectivity index (χ3v) is 6.61. The largest absolute Gasteiger partial charge is 0.486 e. The zero-order valence-corrected chi connectivity index (χ0v) is 15.8. The highest BCUT2D eigenvalue weighted by Gasteiger charge is 2.26. The van der Waals surface area contributed by atoms with Gasteiger partial charge in [0.15, 0.2) is 11.5 Å². The van der Waals surface area contributed by atoms with E-state index in [1.165, 1.54) is 31.3 Å². The Labute approximate surface area is 152 Å². The highest BCUT2D eigenvalue weighted by Crippen LogP contribution is 2.38. The van der Waals surface area contributed by atoms with Gasteiger partial charge in [-0.2, -0.15) is 0 Å². The first kappa shape index (κ1) is 18.5. The Hall–Kier alpha value is -2.30. The van der Waals surface area contributed by atoms with Crippen LogP contribution in [0.1, 0.15) is 5.56 Å². The van der Waals surface area contributed by atoms with Gasteiger partial charge in [0.2, 0.25) is 10.0 Å². The molecule has 0 unspecified atom stereocenters. The fraction of sp³-hybridized carbons (Fsp3) is 0.250. The lowest BCUT2D eigenvalue weighted by Crippen LogP contribution is -2.23. The van der Waals surface area contributed by atoms with E-state index in [1.54, 1.807) is 12.1 Å². The van der Waals surface area contributed by atoms with Crippen molar-refractivity contribution >= 4 is 25.7 Å². The third kappa shape index (κ3) is 3.62. The van der Waals surface area contributed by atoms with Gasteiger partial charge in [-0.3, -0.25) is 4.72 Å². The van der Waals surface area contributed by atoms with Crippen LogP contribution in [0.2, 0.25) is 0 Å². The lowest BCUT2D eigenvalue weighted by molar-refractivity contribution is 0.171. The number of hydrogen-bond acceptors (Lipinski definition) is 6. The van der Waals surface area contributed by atoms with Gasteiger partial charge in [-0.25, -0.2) is 21.6 Å². The topological polar surface area (TPSA) is 111 Å². The molecule has 0 aliphatic carbocycles. The molecule has 2 N–H and O–H groups in total. The first-order valence-electron chi connectivity index (χ1n) is 7.69. The quantitative estimate of drug-likeness (QED) is 0.789. The zero-order chi connectivity index (χ0) is 18.9. The van der Waals surface area contributed by atoms with Gasteiger partial charge < -0.3 is 9.47 Å². The summed E-state index contributed by atoms with van der Waals surface area (Å²) < 4.78 is 65.3. The second-order valence-electron chi connectivity index (χ2n) is 5.62. The van der Waals surface area contributed by atoms with Gasteiger partial charge in [0, 0.05) is 12.1 Å². The smallest absolute Gasteiger partial charge is 0.261 e. The summed E-state index contributed by atoms with van der Waals surface area (Å²) in [5, 5.41) is 0. The highest BCUT2D eigenvalue weighted by atomic mass is 32.2. The number of hydrogen-bond donors (Lipinski definition) is 2. The number of sulfonamides is 2. The second kappa shape index (κ2) is 6.78. The lowest BCUT2D eigenvalue weighted by atomic mass is 10.2. The Morgan fingerprint density at radius 2 is 1.46 bits per heavy atom. The first-order valence-corrected chi connectivity index (χ1v) is 10.7. The Kier molecular flexibility index (Phi) is 4.82. The van der Waals surface area contributed by atoms with Gasteiger partial charge >= 0.3 is 0 Å². The fourth-order valence-electron chi connectivity index (χ4n) is 2.40. The van der Waals surface area contributed by atoms with Crippen molar-refractivity contribution in [2.75, 3.05) is 25.0 Å². The number of benzene rings is 2. The summed E-state index contributed by atoms with van der Waals surface area (Å²) in [6, 6.07) is 8.76. The Bertz CT molecular complexity index is 1030. The summed E-state index contributed by atoms with van der Waals surface area (Å²) in [5.74, 6) is 0.510. The number of nitrogens with one attached hydrogen (secondary N) is 2. The van der Waals surface area contributed by atoms with E-state index in [9.17, 15) is 16.8 Å². The van der Waals surface area contributed by atoms with Crippen molar-refractivity contribution in [3.63, 3.8) is 0 Å². The Morgan fingerprint density at radius 1 is 0.885 bits per heavy atom. The van der Waals surface area contributed by atoms with Crippen molar-refractivity contribution in [3.8, 4) is 11.5 Å². The number of ether oxygens (including phenoxy) is 2. The molecule has 0 saturated carbocycles. The maximum absolute atomic E-state index is 12.7. The average Bonchev–Trinajstić information content (AvgIpc) is 2.61. The van der Waals surface area contributed by atoms with Gasteiger partial charge in [-0.1, -0.05) is 17.7 Å². The summed E-state index contributed by atoms with van der Waals surface area (Å²) in [6.45, 7) is 2.40. The molecule has 0 atom stereocenters. The van der Waals surface area contributed by atoms with E-state index in [1.807, 2.05) is 6.92 Å². The summed E-state index contributed by atoms with van der Waals surface area (Å²) in [6.07, 6.45) is 0. The molecule has 10 heteroatoms. The van der Waals surface area contributed by atoms with Crippen LogP contribution in [0.15, 0.2) is 46.2 Å². The Balaban J connectivity index is 2.09. The molecule has 2 aromatic carbocycles. The SMILES string of the molecule is CNS(=O)(=O)c1cc2c(cc1NS(=O)(=O)c1ccc(C)cc1)OCCO2. The molecule has 3 rings (SSSR count). The van der Waals surface area contributed by atoms with E-state index in [0.29, 0.717) is 0 Å². The van der Waals surface area contributed by atoms with Crippen molar-refractivity contribution in [2.45, 2.75) is 16.7 Å². The van der Waals surface area contributed by atoms with E-state index in [4.69, 9.17) is 9.47 Å². The minimum absolute atomic E-state index is 0.0193. The van der Waals surface area contributed by atoms with Gasteiger partial charge in [0.05, 0.1) is 10.6 Å². The molecule has 0 aromatic heterocycles. The summed E-state index contributed by atoms with van der Waals surface area (Å²) in [5.41, 5.74) is 0.783. The molecule has 0 fully saturated rings. The summed E-state index contributed by atoms with van der Waals surface area (Å²) >= 11 is 0. The molecular weight excluding hydrogens is 380 g/mol. The second-order valence-corrected chi connectivity index (χ2v) is 9.16. The molecule has 1 aliphatic rings. The van der Waals surface area contributed by atoms with E-state index in [0.717, 1.165) is 5.56 Å². The minimum Gasteiger partial charge on any atom is -0.486 e. The first-order chi connectivity index (χ1) is 12.2. The van der Waals surface area contributed by atoms with Crippen LogP contribution in [-0.4, -0.2) is 37.1 Å². The molecule has 8 nitrogen and oxygen atoms in total. The molecule has 0 saturated heterocycles. The van der Waals surface area contributed by atoms with Crippen LogP contribution in [0.25, 0.3) is 0 Å². The summed E-state index contributed by atoms with van der Waals surface area (Å²) in [4.78, 5) is -0.231. The van der Waals surface area contributed by atoms with Crippen molar-refractivity contribution in [1.82, 2.24) is 4.72 Å². The average molecular weight is 398 g/mol. The fourth-order valence-corrected chi connectivity index (χ4v) is 4.42. The van der Waals surface area contributed by atoms with Crippen molar-refractivity contribution < 1.29 is 26.3 Å². The normalized spacial score (nSPS) is 14.1. The van der Waals surface area contributed by atoms with Gasteiger partial charge in [-0.15, -0.1) is 0 Å². The standard InChI is InChI=1S/C16H18N2O6S2/c1-11-3-5-12(6-4-11)25(19,20)18-13-9-14-15(24-8-7-23-14)10-16(13)26(21,22)17-2/h3-6,9-10,17-18H,7-8H2,1-2H3. The molecule has 1 heterocycles. The van der Waals surface area contributed by atoms with E-state index < -0.39 is 20.0 Å². The van der Waals surface area contributed by atoms with Gasteiger partial charge in [0.25, 0.3) is 10.0 Å². The van der Waals surface area contributed by atoms with Crippen LogP contribution in [0.5, 0.6) is 11.5 Å². The minimum atomic E-state index is -3.99. The van der Waals surface area contributed by atoms with Crippen LogP contribution in [0, 0.1) is 6.92 Å². The third-order valence-electron chi connectivity index (χ3n) is 3.78. The predicted octanol–water partition coefficient (Wildman–Crippen LogP) is 1.48. The number of aryl methyl sites for hydroxylation is 1. The molecule has 0 spiro atoms. The maximum Gasteiger partial charge on any atom is 0.261 e. The molecule has 0 bridgehead atoms. The molecule has 2 aromatic rings. The monoisotopic (exact) mass is 398 g/mol. The molecule has 0 radical (unpaired) electrons. The Morgan fingerprint density at radius 3 is 2.04 bits per heavy atom. The molecule has 140 valence electrons. The van der Waals surface area contributed by atoms with Crippen LogP contribution < -0.4 is 18.9 Å². The highest BCUT2D eigenvalue weighted by molar-refractivity contribution is 7.93. The number of fused-ring (bicyclic) bond motifs is 1. The lowest BCUT2D eigenvalue weighted by Gasteiger charge is -2.21. The van der Waals surface area contributed by atoms with E-state index in [2.05, 4.69) is 9.44 Å². The van der Waals surface area contributed by atoms with E-state index in [-0.39, 0.29) is 40.2 Å². The van der Waals surface area contributed by atoms with Crippen molar-refractivity contribution in [1.29, 1.82) is 0 Å². The van der Waals surface area contributed by atoms with Crippen LogP contribution >= 0.6 is 0 Å². The van der Waals surface area contributed by atoms with Crippen LogP contribution in [0.4, 0.5) is 5.69 Å². The van der Waals surface area contributed by atoms with Gasteiger partial charge in [-0.05, 0) is 26.1 Å². The molecule has 1 aliphatic heterocycles. The van der Waals surface area contributed by atoms with Crippen LogP contribution in [0.3, 0.4) is 0 Å². The van der Waals surface area contributed by atoms with E-state index >= 15 is 0 Å². The molecular formula is C16H18N2O6S2. The van der Waals surface area contributed by atoms with Gasteiger partial charge in [0.1, 0.15) is 18.1 Å². The van der Waals surface area contributed by atoms with Crippen molar-refractivity contribution in [3.05, 3.63) is 42.0 Å². The predicted molar refractivity (Wildman–Crippen MR) is 95.7 cm³/mol. The zero-order valence-electron chi connectivity index (χ0n) is 14.1. The van der Waals surface area contributed by atoms with Crippen LogP contribution in [-0.2, 0) is 20.0 Å². The number of rotatable bonds is 5. The van der Waals surface area contributed by atoms with Crippen molar-refractivity contribution in [2.24, 2.45) is 0 Å². The molecule has 26 heavy (non-hydrogen) atoms.